The van der Waals surface area contributed by atoms with Crippen molar-refractivity contribution in [3.05, 3.63) is 54.1 Å². The molecule has 1 atom stereocenters. The predicted molar refractivity (Wildman–Crippen MR) is 84.6 cm³/mol. The number of benzene rings is 2. The van der Waals surface area contributed by atoms with Crippen molar-refractivity contribution in [2.45, 2.75) is 29.2 Å². The summed E-state index contributed by atoms with van der Waals surface area (Å²) in [6, 6.07) is 16.5. The minimum atomic E-state index is 0.312. The predicted octanol–water partition coefficient (Wildman–Crippen LogP) is 2.62. The summed E-state index contributed by atoms with van der Waals surface area (Å²) in [5.74, 6) is 0.312. The largest absolute Gasteiger partial charge is 0.508 e. The van der Waals surface area contributed by atoms with Gasteiger partial charge in [-0.15, -0.1) is 0 Å². The van der Waals surface area contributed by atoms with Crippen LogP contribution in [0.3, 0.4) is 0 Å². The van der Waals surface area contributed by atoms with Crippen LogP contribution in [-0.4, -0.2) is 25.2 Å². The first kappa shape index (κ1) is 14.9. The second-order valence-corrected chi connectivity index (χ2v) is 6.50. The molecule has 2 nitrogen and oxygen atoms in total. The Kier molecular flexibility index (Phi) is 5.10. The number of quaternary nitrogens is 1. The van der Waals surface area contributed by atoms with Gasteiger partial charge in [-0.1, -0.05) is 30.0 Å². The summed E-state index contributed by atoms with van der Waals surface area (Å²) < 4.78 is 0. The Morgan fingerprint density at radius 3 is 2.35 bits per heavy atom. The molecule has 2 aromatic carbocycles. The summed E-state index contributed by atoms with van der Waals surface area (Å²) in [6.45, 7) is 2.28. The molecule has 0 fully saturated rings. The Balaban J connectivity index is 2.17. The summed E-state index contributed by atoms with van der Waals surface area (Å²) >= 11 is 1.76. The van der Waals surface area contributed by atoms with Crippen molar-refractivity contribution in [2.24, 2.45) is 0 Å². The fourth-order valence-corrected chi connectivity index (χ4v) is 2.90. The van der Waals surface area contributed by atoms with E-state index in [4.69, 9.17) is 0 Å². The maximum atomic E-state index is 9.35. The van der Waals surface area contributed by atoms with Crippen LogP contribution >= 0.6 is 11.8 Å². The van der Waals surface area contributed by atoms with E-state index in [0.29, 0.717) is 11.8 Å². The zero-order valence-corrected chi connectivity index (χ0v) is 13.1. The third-order valence-electron chi connectivity index (χ3n) is 3.55. The fourth-order valence-electron chi connectivity index (χ4n) is 1.95. The highest BCUT2D eigenvalue weighted by atomic mass is 32.2. The maximum absolute atomic E-state index is 9.35. The molecule has 20 heavy (non-hydrogen) atoms. The van der Waals surface area contributed by atoms with Crippen LogP contribution < -0.4 is 4.90 Å². The lowest BCUT2D eigenvalue weighted by Crippen LogP contribution is -3.09. The Bertz CT molecular complexity index is 551. The van der Waals surface area contributed by atoms with E-state index in [1.54, 1.807) is 23.9 Å². The van der Waals surface area contributed by atoms with Crippen molar-refractivity contribution >= 4 is 11.8 Å². The van der Waals surface area contributed by atoms with Crippen molar-refractivity contribution < 1.29 is 10.0 Å². The van der Waals surface area contributed by atoms with E-state index in [2.05, 4.69) is 45.3 Å². The summed E-state index contributed by atoms with van der Waals surface area (Å²) in [6.07, 6.45) is 1.07. The second-order valence-electron chi connectivity index (χ2n) is 5.39. The van der Waals surface area contributed by atoms with E-state index in [1.165, 1.54) is 15.4 Å². The Hall–Kier alpha value is -1.45. The van der Waals surface area contributed by atoms with E-state index in [0.717, 1.165) is 11.3 Å². The van der Waals surface area contributed by atoms with Crippen molar-refractivity contribution in [3.8, 4) is 5.75 Å². The Morgan fingerprint density at radius 1 is 1.05 bits per heavy atom. The number of aromatic hydroxyl groups is 1. The number of nitrogens with one attached hydrogen (secondary N) is 1. The average Bonchev–Trinajstić information content (AvgIpc) is 2.43. The minimum Gasteiger partial charge on any atom is -0.508 e. The number of hydrogen-bond acceptors (Lipinski definition) is 2. The quantitative estimate of drug-likeness (QED) is 0.884. The average molecular weight is 288 g/mol. The van der Waals surface area contributed by atoms with Crippen LogP contribution in [-0.2, 0) is 6.42 Å². The summed E-state index contributed by atoms with van der Waals surface area (Å²) in [5.41, 5.74) is 1.39. The molecule has 0 aliphatic carbocycles. The molecule has 3 heteroatoms. The van der Waals surface area contributed by atoms with E-state index >= 15 is 0 Å². The molecule has 0 heterocycles. The van der Waals surface area contributed by atoms with Crippen molar-refractivity contribution in [3.63, 3.8) is 0 Å². The molecule has 0 aromatic heterocycles. The van der Waals surface area contributed by atoms with Gasteiger partial charge in [0, 0.05) is 16.2 Å². The molecule has 0 aliphatic heterocycles. The molecule has 106 valence electrons. The third-order valence-corrected chi connectivity index (χ3v) is 4.67. The van der Waals surface area contributed by atoms with E-state index < -0.39 is 0 Å². The third kappa shape index (κ3) is 4.02. The molecule has 2 rings (SSSR count). The van der Waals surface area contributed by atoms with Crippen LogP contribution in [0.4, 0.5) is 0 Å². The molecule has 0 spiro atoms. The van der Waals surface area contributed by atoms with Gasteiger partial charge in [0.05, 0.1) is 20.1 Å². The second kappa shape index (κ2) is 6.82. The lowest BCUT2D eigenvalue weighted by molar-refractivity contribution is -0.883. The summed E-state index contributed by atoms with van der Waals surface area (Å²) in [4.78, 5) is 3.92. The van der Waals surface area contributed by atoms with Gasteiger partial charge in [-0.05, 0) is 42.8 Å². The van der Waals surface area contributed by atoms with Crippen LogP contribution in [0.25, 0.3) is 0 Å². The van der Waals surface area contributed by atoms with E-state index in [1.807, 2.05) is 12.1 Å². The van der Waals surface area contributed by atoms with Gasteiger partial charge < -0.3 is 10.0 Å². The van der Waals surface area contributed by atoms with Crippen molar-refractivity contribution in [1.29, 1.82) is 0 Å². The number of phenolic OH excluding ortho intramolecular Hbond substituents is 1. The zero-order chi connectivity index (χ0) is 14.5. The first-order chi connectivity index (χ1) is 9.56. The molecular weight excluding hydrogens is 266 g/mol. The molecule has 0 saturated carbocycles. The van der Waals surface area contributed by atoms with E-state index in [9.17, 15) is 5.11 Å². The van der Waals surface area contributed by atoms with Crippen LogP contribution in [0, 0.1) is 0 Å². The van der Waals surface area contributed by atoms with Gasteiger partial charge in [0.25, 0.3) is 0 Å². The standard InChI is InChI=1S/C17H21NOS/c1-13(18(2)3)12-14-6-4-5-7-17(14)20-16-10-8-15(19)9-11-16/h4-11,13,19H,12H2,1-3H3/p+1/t13-/m0/s1. The number of hydrogen-bond donors (Lipinski definition) is 2. The van der Waals surface area contributed by atoms with Gasteiger partial charge in [-0.25, -0.2) is 0 Å². The lowest BCUT2D eigenvalue weighted by atomic mass is 10.1. The first-order valence-corrected chi connectivity index (χ1v) is 7.72. The van der Waals surface area contributed by atoms with Gasteiger partial charge in [0.1, 0.15) is 5.75 Å². The molecule has 0 saturated heterocycles. The SMILES string of the molecule is C[C@@H](Cc1ccccc1Sc1ccc(O)cc1)[NH+](C)C. The Labute approximate surface area is 125 Å². The summed E-state index contributed by atoms with van der Waals surface area (Å²) in [5, 5.41) is 9.35. The normalized spacial score (nSPS) is 12.6. The summed E-state index contributed by atoms with van der Waals surface area (Å²) in [7, 11) is 4.39. The molecule has 0 radical (unpaired) electrons. The van der Waals surface area contributed by atoms with Crippen LogP contribution in [0.5, 0.6) is 5.75 Å². The molecule has 0 amide bonds. The van der Waals surface area contributed by atoms with E-state index in [-0.39, 0.29) is 0 Å². The van der Waals surface area contributed by atoms with Crippen LogP contribution in [0.2, 0.25) is 0 Å². The van der Waals surface area contributed by atoms with Crippen molar-refractivity contribution in [1.82, 2.24) is 0 Å². The zero-order valence-electron chi connectivity index (χ0n) is 12.3. The highest BCUT2D eigenvalue weighted by Gasteiger charge is 2.12. The molecule has 2 aromatic rings. The maximum Gasteiger partial charge on any atom is 0.115 e. The van der Waals surface area contributed by atoms with Gasteiger partial charge in [-0.2, -0.15) is 0 Å². The fraction of sp³-hybridized carbons (Fsp3) is 0.294. The van der Waals surface area contributed by atoms with Gasteiger partial charge in [0.2, 0.25) is 0 Å². The molecule has 0 unspecified atom stereocenters. The monoisotopic (exact) mass is 288 g/mol. The lowest BCUT2D eigenvalue weighted by Gasteiger charge is -2.18. The molecular formula is C17H22NOS+. The Morgan fingerprint density at radius 2 is 1.70 bits per heavy atom. The molecule has 0 aliphatic rings. The number of phenols is 1. The van der Waals surface area contributed by atoms with Gasteiger partial charge >= 0.3 is 0 Å². The molecule has 0 bridgehead atoms. The first-order valence-electron chi connectivity index (χ1n) is 6.91. The highest BCUT2D eigenvalue weighted by Crippen LogP contribution is 2.31. The van der Waals surface area contributed by atoms with Gasteiger partial charge in [0.15, 0.2) is 0 Å². The smallest absolute Gasteiger partial charge is 0.115 e. The molecule has 2 N–H and O–H groups in total. The van der Waals surface area contributed by atoms with Crippen molar-refractivity contribution in [2.75, 3.05) is 14.1 Å². The van der Waals surface area contributed by atoms with Crippen LogP contribution in [0.1, 0.15) is 12.5 Å². The topological polar surface area (TPSA) is 24.7 Å². The highest BCUT2D eigenvalue weighted by molar-refractivity contribution is 7.99. The number of rotatable bonds is 5. The minimum absolute atomic E-state index is 0.312. The van der Waals surface area contributed by atoms with Gasteiger partial charge in [-0.3, -0.25) is 0 Å². The van der Waals surface area contributed by atoms with Crippen LogP contribution in [0.15, 0.2) is 58.3 Å². The number of likely N-dealkylation sites (N-methyl/N-ethyl adjacent to an activating group) is 1.